The zero-order chi connectivity index (χ0) is 17.4. The Morgan fingerprint density at radius 1 is 1.39 bits per heavy atom. The van der Waals surface area contributed by atoms with Gasteiger partial charge in [0.25, 0.3) is 0 Å². The predicted molar refractivity (Wildman–Crippen MR) is 81.3 cm³/mol. The van der Waals surface area contributed by atoms with E-state index in [4.69, 9.17) is 14.2 Å². The lowest BCUT2D eigenvalue weighted by Crippen LogP contribution is -2.46. The molecule has 1 saturated carbocycles. The fraction of sp³-hybridized carbons (Fsp3) is 0.824. The SMILES string of the molecule is CCC(C)(C)C(=O)OC(C)C(=O)OC1CCC2CC1(C)OC2=O. The Morgan fingerprint density at radius 3 is 2.65 bits per heavy atom. The Balaban J connectivity index is 1.94. The van der Waals surface area contributed by atoms with Gasteiger partial charge in [-0.1, -0.05) is 6.92 Å². The summed E-state index contributed by atoms with van der Waals surface area (Å²) in [6.07, 6.45) is 0.958. The van der Waals surface area contributed by atoms with Gasteiger partial charge in [0.2, 0.25) is 0 Å². The van der Waals surface area contributed by atoms with Gasteiger partial charge in [0, 0.05) is 6.42 Å². The normalized spacial score (nSPS) is 31.3. The predicted octanol–water partition coefficient (Wildman–Crippen LogP) is 2.38. The number of hydrogen-bond donors (Lipinski definition) is 0. The van der Waals surface area contributed by atoms with Crippen molar-refractivity contribution >= 4 is 17.9 Å². The van der Waals surface area contributed by atoms with Crippen LogP contribution in [0.3, 0.4) is 0 Å². The largest absolute Gasteiger partial charge is 0.455 e. The Bertz CT molecular complexity index is 511. The third-order valence-electron chi connectivity index (χ3n) is 5.09. The highest BCUT2D eigenvalue weighted by Crippen LogP contribution is 2.44. The quantitative estimate of drug-likeness (QED) is 0.570. The minimum Gasteiger partial charge on any atom is -0.455 e. The summed E-state index contributed by atoms with van der Waals surface area (Å²) in [5, 5.41) is 0. The van der Waals surface area contributed by atoms with Crippen molar-refractivity contribution < 1.29 is 28.6 Å². The van der Waals surface area contributed by atoms with Crippen molar-refractivity contribution in [3.05, 3.63) is 0 Å². The van der Waals surface area contributed by atoms with Gasteiger partial charge in [-0.25, -0.2) is 4.79 Å². The highest BCUT2D eigenvalue weighted by molar-refractivity contribution is 5.82. The minimum absolute atomic E-state index is 0.0874. The second-order valence-corrected chi connectivity index (χ2v) is 7.42. The molecule has 130 valence electrons. The molecule has 23 heavy (non-hydrogen) atoms. The van der Waals surface area contributed by atoms with E-state index in [2.05, 4.69) is 0 Å². The molecule has 0 amide bonds. The summed E-state index contributed by atoms with van der Waals surface area (Å²) in [7, 11) is 0. The van der Waals surface area contributed by atoms with E-state index in [0.29, 0.717) is 25.7 Å². The molecule has 6 heteroatoms. The molecule has 6 nitrogen and oxygen atoms in total. The van der Waals surface area contributed by atoms with Crippen LogP contribution in [0.2, 0.25) is 0 Å². The zero-order valence-electron chi connectivity index (χ0n) is 14.5. The maximum Gasteiger partial charge on any atom is 0.347 e. The van der Waals surface area contributed by atoms with Crippen molar-refractivity contribution in [1.82, 2.24) is 0 Å². The molecule has 1 aliphatic heterocycles. The number of carbonyl (C=O) groups is 3. The smallest absolute Gasteiger partial charge is 0.347 e. The molecular formula is C17H26O6. The molecule has 2 rings (SSSR count). The fourth-order valence-electron chi connectivity index (χ4n) is 2.93. The molecular weight excluding hydrogens is 300 g/mol. The molecule has 1 aliphatic carbocycles. The van der Waals surface area contributed by atoms with Gasteiger partial charge in [0.05, 0.1) is 11.3 Å². The number of hydrogen-bond acceptors (Lipinski definition) is 6. The van der Waals surface area contributed by atoms with Crippen molar-refractivity contribution in [3.8, 4) is 0 Å². The van der Waals surface area contributed by atoms with Crippen LogP contribution in [0.1, 0.15) is 60.3 Å². The van der Waals surface area contributed by atoms with Crippen LogP contribution in [0.25, 0.3) is 0 Å². The first-order valence-corrected chi connectivity index (χ1v) is 8.23. The van der Waals surface area contributed by atoms with Crippen LogP contribution < -0.4 is 0 Å². The van der Waals surface area contributed by atoms with Crippen LogP contribution in [0, 0.1) is 11.3 Å². The highest BCUT2D eigenvalue weighted by atomic mass is 16.6. The molecule has 0 aromatic carbocycles. The number of rotatable bonds is 5. The molecule has 1 saturated heterocycles. The summed E-state index contributed by atoms with van der Waals surface area (Å²) in [4.78, 5) is 35.9. The van der Waals surface area contributed by atoms with Gasteiger partial charge >= 0.3 is 17.9 Å². The Morgan fingerprint density at radius 2 is 2.04 bits per heavy atom. The van der Waals surface area contributed by atoms with E-state index >= 15 is 0 Å². The van der Waals surface area contributed by atoms with E-state index < -0.39 is 35.2 Å². The minimum atomic E-state index is -0.980. The molecule has 0 radical (unpaired) electrons. The van der Waals surface area contributed by atoms with Crippen molar-refractivity contribution in [2.45, 2.75) is 78.1 Å². The van der Waals surface area contributed by atoms with Gasteiger partial charge in [-0.3, -0.25) is 9.59 Å². The molecule has 4 unspecified atom stereocenters. The van der Waals surface area contributed by atoms with Crippen LogP contribution in [-0.2, 0) is 28.6 Å². The number of esters is 3. The molecule has 2 fully saturated rings. The zero-order valence-corrected chi connectivity index (χ0v) is 14.5. The molecule has 2 aliphatic rings. The summed E-state index contributed by atoms with van der Waals surface area (Å²) in [5.74, 6) is -1.32. The monoisotopic (exact) mass is 326 g/mol. The third kappa shape index (κ3) is 3.51. The van der Waals surface area contributed by atoms with E-state index in [0.717, 1.165) is 0 Å². The first kappa shape index (κ1) is 17.8. The molecule has 0 aromatic rings. The topological polar surface area (TPSA) is 78.9 Å². The van der Waals surface area contributed by atoms with E-state index in [-0.39, 0.29) is 11.9 Å². The first-order chi connectivity index (χ1) is 10.6. The van der Waals surface area contributed by atoms with Crippen molar-refractivity contribution in [3.63, 3.8) is 0 Å². The van der Waals surface area contributed by atoms with Gasteiger partial charge in [0.1, 0.15) is 11.7 Å². The maximum atomic E-state index is 12.2. The van der Waals surface area contributed by atoms with Crippen LogP contribution in [0.5, 0.6) is 0 Å². The molecule has 0 spiro atoms. The van der Waals surface area contributed by atoms with E-state index in [1.165, 1.54) is 6.92 Å². The lowest BCUT2D eigenvalue weighted by Gasteiger charge is -2.35. The second kappa shape index (κ2) is 6.13. The summed E-state index contributed by atoms with van der Waals surface area (Å²) >= 11 is 0. The van der Waals surface area contributed by atoms with Crippen molar-refractivity contribution in [1.29, 1.82) is 0 Å². The summed E-state index contributed by atoms with van der Waals surface area (Å²) < 4.78 is 16.1. The van der Waals surface area contributed by atoms with E-state index in [1.54, 1.807) is 20.8 Å². The van der Waals surface area contributed by atoms with Gasteiger partial charge in [-0.05, 0) is 47.0 Å². The second-order valence-electron chi connectivity index (χ2n) is 7.42. The first-order valence-electron chi connectivity index (χ1n) is 8.23. The molecule has 1 heterocycles. The molecule has 2 bridgehead atoms. The number of fused-ring (bicyclic) bond motifs is 2. The lowest BCUT2D eigenvalue weighted by atomic mass is 9.80. The van der Waals surface area contributed by atoms with Crippen LogP contribution in [-0.4, -0.2) is 35.7 Å². The average Bonchev–Trinajstić information content (AvgIpc) is 2.72. The lowest BCUT2D eigenvalue weighted by molar-refractivity contribution is -0.186. The Hall–Kier alpha value is -1.59. The van der Waals surface area contributed by atoms with Crippen LogP contribution in [0.15, 0.2) is 0 Å². The van der Waals surface area contributed by atoms with Gasteiger partial charge < -0.3 is 14.2 Å². The average molecular weight is 326 g/mol. The number of ether oxygens (including phenoxy) is 3. The summed E-state index contributed by atoms with van der Waals surface area (Å²) in [6.45, 7) is 8.72. The summed E-state index contributed by atoms with van der Waals surface area (Å²) in [5.41, 5.74) is -1.40. The number of carbonyl (C=O) groups excluding carboxylic acids is 3. The van der Waals surface area contributed by atoms with E-state index in [1.807, 2.05) is 6.92 Å². The van der Waals surface area contributed by atoms with Crippen molar-refractivity contribution in [2.24, 2.45) is 11.3 Å². The van der Waals surface area contributed by atoms with Gasteiger partial charge in [-0.15, -0.1) is 0 Å². The van der Waals surface area contributed by atoms with Crippen LogP contribution >= 0.6 is 0 Å². The summed E-state index contributed by atoms with van der Waals surface area (Å²) in [6, 6.07) is 0. The Labute approximate surface area is 136 Å². The van der Waals surface area contributed by atoms with Crippen LogP contribution in [0.4, 0.5) is 0 Å². The molecule has 0 aromatic heterocycles. The van der Waals surface area contributed by atoms with Gasteiger partial charge in [-0.2, -0.15) is 0 Å². The standard InChI is InChI=1S/C17H26O6/c1-6-16(3,4)15(20)21-10(2)13(18)22-12-8-7-11-9-17(12,5)23-14(11)19/h10-12H,6-9H2,1-5H3. The van der Waals surface area contributed by atoms with E-state index in [9.17, 15) is 14.4 Å². The Kier molecular flexibility index (Phi) is 4.74. The third-order valence-corrected chi connectivity index (χ3v) is 5.09. The molecule has 4 atom stereocenters. The molecule has 0 N–H and O–H groups in total. The fourth-order valence-corrected chi connectivity index (χ4v) is 2.93. The highest BCUT2D eigenvalue weighted by Gasteiger charge is 2.54. The van der Waals surface area contributed by atoms with Crippen molar-refractivity contribution in [2.75, 3.05) is 0 Å². The van der Waals surface area contributed by atoms with Gasteiger partial charge in [0.15, 0.2) is 6.10 Å². The maximum absolute atomic E-state index is 12.2.